The van der Waals surface area contributed by atoms with E-state index >= 15 is 0 Å². The van der Waals surface area contributed by atoms with Gasteiger partial charge in [-0.3, -0.25) is 0 Å². The Morgan fingerprint density at radius 2 is 1.84 bits per heavy atom. The Hall–Kier alpha value is -3.15. The fourth-order valence-corrected chi connectivity index (χ4v) is 2.57. The third kappa shape index (κ3) is 5.17. The van der Waals surface area contributed by atoms with Gasteiger partial charge in [-0.05, 0) is 36.1 Å². The van der Waals surface area contributed by atoms with E-state index < -0.39 is 6.09 Å². The number of rotatable bonds is 7. The van der Waals surface area contributed by atoms with Crippen molar-refractivity contribution in [2.75, 3.05) is 0 Å². The standard InChI is InChI=1S/C19H19N3O3/c20-19(23)24-16-10-4-9-15(12-16)13-17-21-18(25-22-17)11-5-8-14-6-2-1-3-7-14/h1-4,6-7,9-10,12H,5,8,11,13H2,(H2,20,23). The second kappa shape index (κ2) is 8.10. The molecule has 2 aromatic carbocycles. The number of aromatic nitrogens is 2. The van der Waals surface area contributed by atoms with Crippen molar-refractivity contribution in [1.29, 1.82) is 0 Å². The third-order valence-electron chi connectivity index (χ3n) is 3.69. The minimum absolute atomic E-state index is 0.400. The van der Waals surface area contributed by atoms with Crippen LogP contribution in [0.3, 0.4) is 0 Å². The Bertz CT molecular complexity index is 831. The molecule has 1 heterocycles. The normalized spacial score (nSPS) is 10.6. The molecule has 1 amide bonds. The van der Waals surface area contributed by atoms with Crippen LogP contribution in [0.5, 0.6) is 5.75 Å². The summed E-state index contributed by atoms with van der Waals surface area (Å²) in [6, 6.07) is 17.4. The number of hydrogen-bond donors (Lipinski definition) is 1. The van der Waals surface area contributed by atoms with E-state index in [1.807, 2.05) is 24.3 Å². The summed E-state index contributed by atoms with van der Waals surface area (Å²) in [6.45, 7) is 0. The lowest BCUT2D eigenvalue weighted by Crippen LogP contribution is -2.16. The minimum Gasteiger partial charge on any atom is -0.410 e. The SMILES string of the molecule is NC(=O)Oc1cccc(Cc2noc(CCCc3ccccc3)n2)c1. The predicted octanol–water partition coefficient (Wildman–Crippen LogP) is 3.29. The summed E-state index contributed by atoms with van der Waals surface area (Å²) in [6.07, 6.45) is 2.33. The molecule has 25 heavy (non-hydrogen) atoms. The number of nitrogens with zero attached hydrogens (tertiary/aromatic N) is 2. The van der Waals surface area contributed by atoms with Crippen LogP contribution in [0.1, 0.15) is 29.3 Å². The molecule has 0 aliphatic heterocycles. The van der Waals surface area contributed by atoms with Crippen molar-refractivity contribution in [2.24, 2.45) is 5.73 Å². The maximum Gasteiger partial charge on any atom is 0.409 e. The first kappa shape index (κ1) is 16.7. The van der Waals surface area contributed by atoms with Gasteiger partial charge in [0.2, 0.25) is 5.89 Å². The quantitative estimate of drug-likeness (QED) is 0.714. The van der Waals surface area contributed by atoms with Gasteiger partial charge in [-0.2, -0.15) is 4.98 Å². The van der Waals surface area contributed by atoms with Gasteiger partial charge in [0, 0.05) is 12.8 Å². The van der Waals surface area contributed by atoms with E-state index in [0.29, 0.717) is 23.9 Å². The maximum atomic E-state index is 10.8. The van der Waals surface area contributed by atoms with E-state index in [4.69, 9.17) is 15.0 Å². The monoisotopic (exact) mass is 337 g/mol. The fourth-order valence-electron chi connectivity index (χ4n) is 2.57. The highest BCUT2D eigenvalue weighted by Crippen LogP contribution is 2.16. The van der Waals surface area contributed by atoms with Crippen LogP contribution in [0.2, 0.25) is 0 Å². The van der Waals surface area contributed by atoms with Crippen molar-refractivity contribution in [2.45, 2.75) is 25.7 Å². The summed E-state index contributed by atoms with van der Waals surface area (Å²) in [5, 5.41) is 4.01. The van der Waals surface area contributed by atoms with Gasteiger partial charge in [-0.15, -0.1) is 0 Å². The minimum atomic E-state index is -0.836. The predicted molar refractivity (Wildman–Crippen MR) is 92.2 cm³/mol. The van der Waals surface area contributed by atoms with Gasteiger partial charge in [0.25, 0.3) is 0 Å². The highest BCUT2D eigenvalue weighted by atomic mass is 16.5. The summed E-state index contributed by atoms with van der Waals surface area (Å²) in [5.74, 6) is 1.64. The topological polar surface area (TPSA) is 91.2 Å². The summed E-state index contributed by atoms with van der Waals surface area (Å²) in [5.41, 5.74) is 7.23. The Morgan fingerprint density at radius 1 is 1.04 bits per heavy atom. The molecule has 3 aromatic rings. The molecule has 0 fully saturated rings. The molecule has 3 rings (SSSR count). The molecule has 0 unspecified atom stereocenters. The lowest BCUT2D eigenvalue weighted by molar-refractivity contribution is 0.211. The number of benzene rings is 2. The van der Waals surface area contributed by atoms with Gasteiger partial charge in [-0.25, -0.2) is 4.79 Å². The molecule has 0 aliphatic rings. The molecular weight excluding hydrogens is 318 g/mol. The van der Waals surface area contributed by atoms with E-state index in [2.05, 4.69) is 22.3 Å². The van der Waals surface area contributed by atoms with Gasteiger partial charge in [0.15, 0.2) is 5.82 Å². The molecule has 0 aliphatic carbocycles. The second-order valence-corrected chi connectivity index (χ2v) is 5.69. The zero-order valence-corrected chi connectivity index (χ0v) is 13.7. The molecule has 0 saturated carbocycles. The van der Waals surface area contributed by atoms with Gasteiger partial charge < -0.3 is 15.0 Å². The zero-order chi connectivity index (χ0) is 17.5. The Labute approximate surface area is 145 Å². The number of amides is 1. The molecule has 0 saturated heterocycles. The number of carbonyl (C=O) groups excluding carboxylic acids is 1. The molecule has 0 radical (unpaired) electrons. The van der Waals surface area contributed by atoms with Gasteiger partial charge >= 0.3 is 6.09 Å². The highest BCUT2D eigenvalue weighted by Gasteiger charge is 2.08. The zero-order valence-electron chi connectivity index (χ0n) is 13.7. The maximum absolute atomic E-state index is 10.8. The average molecular weight is 337 g/mol. The van der Waals surface area contributed by atoms with E-state index in [1.165, 1.54) is 5.56 Å². The van der Waals surface area contributed by atoms with Crippen molar-refractivity contribution in [3.63, 3.8) is 0 Å². The van der Waals surface area contributed by atoms with Crippen LogP contribution in [-0.2, 0) is 19.3 Å². The Morgan fingerprint density at radius 3 is 2.64 bits per heavy atom. The molecule has 128 valence electrons. The van der Waals surface area contributed by atoms with Crippen molar-refractivity contribution in [3.05, 3.63) is 77.4 Å². The molecule has 2 N–H and O–H groups in total. The first-order chi connectivity index (χ1) is 12.2. The van der Waals surface area contributed by atoms with Crippen LogP contribution in [0.15, 0.2) is 59.1 Å². The lowest BCUT2D eigenvalue weighted by atomic mass is 10.1. The number of primary amides is 1. The average Bonchev–Trinajstić information content (AvgIpc) is 3.03. The molecule has 0 atom stereocenters. The van der Waals surface area contributed by atoms with E-state index in [9.17, 15) is 4.79 Å². The van der Waals surface area contributed by atoms with Gasteiger partial charge in [-0.1, -0.05) is 47.6 Å². The fraction of sp³-hybridized carbons (Fsp3) is 0.211. The van der Waals surface area contributed by atoms with E-state index in [1.54, 1.807) is 18.2 Å². The van der Waals surface area contributed by atoms with Crippen LogP contribution in [-0.4, -0.2) is 16.2 Å². The number of aryl methyl sites for hydroxylation is 2. The smallest absolute Gasteiger partial charge is 0.409 e. The van der Waals surface area contributed by atoms with E-state index in [0.717, 1.165) is 24.8 Å². The summed E-state index contributed by atoms with van der Waals surface area (Å²) >= 11 is 0. The number of ether oxygens (including phenoxy) is 1. The van der Waals surface area contributed by atoms with Crippen molar-refractivity contribution in [3.8, 4) is 5.75 Å². The summed E-state index contributed by atoms with van der Waals surface area (Å²) in [7, 11) is 0. The number of hydrogen-bond acceptors (Lipinski definition) is 5. The highest BCUT2D eigenvalue weighted by molar-refractivity contribution is 5.68. The Balaban J connectivity index is 1.54. The van der Waals surface area contributed by atoms with Crippen LogP contribution in [0.25, 0.3) is 0 Å². The molecular formula is C19H19N3O3. The number of nitrogens with two attached hydrogens (primary N) is 1. The molecule has 6 heteroatoms. The first-order valence-electron chi connectivity index (χ1n) is 8.10. The number of carbonyl (C=O) groups is 1. The third-order valence-corrected chi connectivity index (χ3v) is 3.69. The second-order valence-electron chi connectivity index (χ2n) is 5.69. The summed E-state index contributed by atoms with van der Waals surface area (Å²) in [4.78, 5) is 15.2. The van der Waals surface area contributed by atoms with Crippen molar-refractivity contribution in [1.82, 2.24) is 10.1 Å². The lowest BCUT2D eigenvalue weighted by Gasteiger charge is -2.02. The molecule has 1 aromatic heterocycles. The molecule has 0 spiro atoms. The van der Waals surface area contributed by atoms with Crippen molar-refractivity contribution < 1.29 is 14.1 Å². The molecule has 0 bridgehead atoms. The van der Waals surface area contributed by atoms with Crippen molar-refractivity contribution >= 4 is 6.09 Å². The van der Waals surface area contributed by atoms with Gasteiger partial charge in [0.05, 0.1) is 0 Å². The summed E-state index contributed by atoms with van der Waals surface area (Å²) < 4.78 is 10.2. The molecule has 6 nitrogen and oxygen atoms in total. The first-order valence-corrected chi connectivity index (χ1v) is 8.10. The van der Waals surface area contributed by atoms with Gasteiger partial charge in [0.1, 0.15) is 5.75 Å². The van der Waals surface area contributed by atoms with Crippen LogP contribution < -0.4 is 10.5 Å². The van der Waals surface area contributed by atoms with E-state index in [-0.39, 0.29) is 0 Å². The Kier molecular flexibility index (Phi) is 5.41. The van der Waals surface area contributed by atoms with Crippen LogP contribution >= 0.6 is 0 Å². The van der Waals surface area contributed by atoms with Crippen LogP contribution in [0, 0.1) is 0 Å². The van der Waals surface area contributed by atoms with Crippen LogP contribution in [0.4, 0.5) is 4.79 Å². The largest absolute Gasteiger partial charge is 0.410 e.